The highest BCUT2D eigenvalue weighted by atomic mass is 16.7. The molecular weight excluding hydrogens is 312 g/mol. The van der Waals surface area contributed by atoms with Crippen LogP contribution in [0.4, 0.5) is 0 Å². The number of hydrogen-bond acceptors (Lipinski definition) is 6. The SMILES string of the molecule is Cc1ccnc2c(C(=O)ON3C(=O)c4ccccc4C3=O)cnn12. The number of carbonyl (C=O) groups is 3. The lowest BCUT2D eigenvalue weighted by Gasteiger charge is -2.11. The molecule has 118 valence electrons. The Balaban J connectivity index is 1.67. The Morgan fingerprint density at radius 2 is 1.75 bits per heavy atom. The van der Waals surface area contributed by atoms with E-state index in [1.165, 1.54) is 29.0 Å². The number of carbonyl (C=O) groups excluding carboxylic acids is 3. The molecule has 0 bridgehead atoms. The maximum Gasteiger partial charge on any atom is 0.369 e. The van der Waals surface area contributed by atoms with Gasteiger partial charge in [0.05, 0.1) is 17.3 Å². The molecule has 2 amide bonds. The summed E-state index contributed by atoms with van der Waals surface area (Å²) in [5, 5.41) is 4.52. The molecule has 0 saturated heterocycles. The molecule has 8 heteroatoms. The Hall–Kier alpha value is -3.55. The first-order valence-corrected chi connectivity index (χ1v) is 7.07. The zero-order chi connectivity index (χ0) is 16.8. The second-order valence-corrected chi connectivity index (χ2v) is 5.21. The molecule has 1 aliphatic rings. The Kier molecular flexibility index (Phi) is 2.92. The van der Waals surface area contributed by atoms with Crippen molar-refractivity contribution in [2.24, 2.45) is 0 Å². The predicted octanol–water partition coefficient (Wildman–Crippen LogP) is 1.41. The predicted molar refractivity (Wildman–Crippen MR) is 80.1 cm³/mol. The summed E-state index contributed by atoms with van der Waals surface area (Å²) in [6, 6.07) is 8.01. The summed E-state index contributed by atoms with van der Waals surface area (Å²) < 4.78 is 1.47. The van der Waals surface area contributed by atoms with Crippen molar-refractivity contribution in [1.29, 1.82) is 0 Å². The van der Waals surface area contributed by atoms with E-state index in [0.717, 1.165) is 5.69 Å². The zero-order valence-electron chi connectivity index (χ0n) is 12.5. The molecule has 3 aromatic rings. The Labute approximate surface area is 135 Å². The fourth-order valence-electron chi connectivity index (χ4n) is 2.54. The van der Waals surface area contributed by atoms with Gasteiger partial charge in [-0.05, 0) is 25.1 Å². The van der Waals surface area contributed by atoms with E-state index in [1.54, 1.807) is 25.1 Å². The van der Waals surface area contributed by atoms with Crippen molar-refractivity contribution >= 4 is 23.4 Å². The van der Waals surface area contributed by atoms with Crippen LogP contribution in [0.3, 0.4) is 0 Å². The van der Waals surface area contributed by atoms with E-state index in [0.29, 0.717) is 5.06 Å². The van der Waals surface area contributed by atoms with Crippen LogP contribution in [0.1, 0.15) is 36.8 Å². The Morgan fingerprint density at radius 3 is 2.42 bits per heavy atom. The van der Waals surface area contributed by atoms with Crippen LogP contribution in [0.5, 0.6) is 0 Å². The number of fused-ring (bicyclic) bond motifs is 2. The van der Waals surface area contributed by atoms with Gasteiger partial charge in [-0.15, -0.1) is 0 Å². The standard InChI is InChI=1S/C16H10N4O4/c1-9-6-7-17-13-12(8-18-19(9)13)16(23)24-20-14(21)10-4-2-3-5-11(10)15(20)22/h2-8H,1H3. The van der Waals surface area contributed by atoms with Gasteiger partial charge < -0.3 is 4.84 Å². The second kappa shape index (κ2) is 4.98. The van der Waals surface area contributed by atoms with Crippen molar-refractivity contribution in [3.8, 4) is 0 Å². The van der Waals surface area contributed by atoms with Crippen LogP contribution in [0.25, 0.3) is 5.65 Å². The molecule has 1 aliphatic heterocycles. The van der Waals surface area contributed by atoms with Crippen LogP contribution in [0.15, 0.2) is 42.7 Å². The lowest BCUT2D eigenvalue weighted by Crippen LogP contribution is -2.32. The minimum Gasteiger partial charge on any atom is -0.324 e. The summed E-state index contributed by atoms with van der Waals surface area (Å²) in [5.41, 5.74) is 1.53. The fourth-order valence-corrected chi connectivity index (χ4v) is 2.54. The molecule has 0 radical (unpaired) electrons. The molecule has 0 unspecified atom stereocenters. The topological polar surface area (TPSA) is 93.9 Å². The number of hydroxylamine groups is 2. The van der Waals surface area contributed by atoms with E-state index in [2.05, 4.69) is 10.1 Å². The number of amides is 2. The third-order valence-electron chi connectivity index (χ3n) is 3.74. The lowest BCUT2D eigenvalue weighted by atomic mass is 10.1. The molecule has 3 heterocycles. The van der Waals surface area contributed by atoms with Gasteiger partial charge in [0.1, 0.15) is 5.56 Å². The average Bonchev–Trinajstić information content (AvgIpc) is 3.12. The maximum atomic E-state index is 12.4. The van der Waals surface area contributed by atoms with Gasteiger partial charge in [-0.25, -0.2) is 14.3 Å². The van der Waals surface area contributed by atoms with E-state index in [9.17, 15) is 14.4 Å². The minimum atomic E-state index is -0.877. The summed E-state index contributed by atoms with van der Waals surface area (Å²) in [6.45, 7) is 1.81. The lowest BCUT2D eigenvalue weighted by molar-refractivity contribution is -0.0583. The first-order chi connectivity index (χ1) is 11.6. The zero-order valence-corrected chi connectivity index (χ0v) is 12.5. The van der Waals surface area contributed by atoms with Crippen molar-refractivity contribution in [2.45, 2.75) is 6.92 Å². The van der Waals surface area contributed by atoms with Gasteiger partial charge >= 0.3 is 5.97 Å². The Morgan fingerprint density at radius 1 is 1.08 bits per heavy atom. The average molecular weight is 322 g/mol. The molecule has 0 saturated carbocycles. The molecule has 4 rings (SSSR count). The molecular formula is C16H10N4O4. The highest BCUT2D eigenvalue weighted by molar-refractivity contribution is 6.21. The van der Waals surface area contributed by atoms with Crippen LogP contribution in [-0.4, -0.2) is 37.4 Å². The Bertz CT molecular complexity index is 989. The molecule has 0 N–H and O–H groups in total. The van der Waals surface area contributed by atoms with Gasteiger partial charge in [0.15, 0.2) is 5.65 Å². The number of aromatic nitrogens is 3. The van der Waals surface area contributed by atoms with Gasteiger partial charge in [0, 0.05) is 11.9 Å². The smallest absolute Gasteiger partial charge is 0.324 e. The van der Waals surface area contributed by atoms with E-state index < -0.39 is 17.8 Å². The third kappa shape index (κ3) is 1.89. The minimum absolute atomic E-state index is 0.0651. The van der Waals surface area contributed by atoms with Crippen molar-refractivity contribution < 1.29 is 19.2 Å². The van der Waals surface area contributed by atoms with Gasteiger partial charge in [0.2, 0.25) is 0 Å². The summed E-state index contributed by atoms with van der Waals surface area (Å²) in [5.74, 6) is -2.23. The summed E-state index contributed by atoms with van der Waals surface area (Å²) in [6.07, 6.45) is 2.82. The molecule has 0 atom stereocenters. The second-order valence-electron chi connectivity index (χ2n) is 5.21. The van der Waals surface area contributed by atoms with Crippen LogP contribution < -0.4 is 0 Å². The maximum absolute atomic E-state index is 12.4. The van der Waals surface area contributed by atoms with Gasteiger partial charge in [-0.1, -0.05) is 17.2 Å². The molecule has 24 heavy (non-hydrogen) atoms. The normalized spacial score (nSPS) is 13.5. The molecule has 8 nitrogen and oxygen atoms in total. The first-order valence-electron chi connectivity index (χ1n) is 7.07. The summed E-state index contributed by atoms with van der Waals surface area (Å²) >= 11 is 0. The van der Waals surface area contributed by atoms with Crippen molar-refractivity contribution in [3.05, 3.63) is 65.1 Å². The van der Waals surface area contributed by atoms with Crippen molar-refractivity contribution in [3.63, 3.8) is 0 Å². The van der Waals surface area contributed by atoms with Gasteiger partial charge in [0.25, 0.3) is 11.8 Å². The van der Waals surface area contributed by atoms with Crippen LogP contribution in [0, 0.1) is 6.92 Å². The summed E-state index contributed by atoms with van der Waals surface area (Å²) in [4.78, 5) is 45.9. The molecule has 2 aromatic heterocycles. The number of imide groups is 1. The van der Waals surface area contributed by atoms with Crippen molar-refractivity contribution in [1.82, 2.24) is 19.7 Å². The number of nitrogens with zero attached hydrogens (tertiary/aromatic N) is 4. The van der Waals surface area contributed by atoms with Gasteiger partial charge in [-0.2, -0.15) is 5.10 Å². The highest BCUT2D eigenvalue weighted by Gasteiger charge is 2.39. The monoisotopic (exact) mass is 322 g/mol. The molecule has 0 aliphatic carbocycles. The van der Waals surface area contributed by atoms with E-state index in [-0.39, 0.29) is 22.3 Å². The quantitative estimate of drug-likeness (QED) is 0.662. The summed E-state index contributed by atoms with van der Waals surface area (Å²) in [7, 11) is 0. The van der Waals surface area contributed by atoms with Crippen LogP contribution in [0.2, 0.25) is 0 Å². The molecule has 0 fully saturated rings. The van der Waals surface area contributed by atoms with E-state index in [1.807, 2.05) is 0 Å². The number of benzene rings is 1. The largest absolute Gasteiger partial charge is 0.369 e. The molecule has 1 aromatic carbocycles. The number of aryl methyl sites for hydroxylation is 1. The number of rotatable bonds is 2. The van der Waals surface area contributed by atoms with Gasteiger partial charge in [-0.3, -0.25) is 9.59 Å². The third-order valence-corrected chi connectivity index (χ3v) is 3.74. The van der Waals surface area contributed by atoms with E-state index in [4.69, 9.17) is 4.84 Å². The van der Waals surface area contributed by atoms with Crippen LogP contribution >= 0.6 is 0 Å². The number of hydrogen-bond donors (Lipinski definition) is 0. The van der Waals surface area contributed by atoms with Crippen molar-refractivity contribution in [2.75, 3.05) is 0 Å². The highest BCUT2D eigenvalue weighted by Crippen LogP contribution is 2.23. The van der Waals surface area contributed by atoms with Crippen LogP contribution in [-0.2, 0) is 4.84 Å². The first kappa shape index (κ1) is 14.1. The van der Waals surface area contributed by atoms with E-state index >= 15 is 0 Å². The molecule has 0 spiro atoms. The fraction of sp³-hybridized carbons (Fsp3) is 0.0625.